The predicted molar refractivity (Wildman–Crippen MR) is 90.3 cm³/mol. The summed E-state index contributed by atoms with van der Waals surface area (Å²) >= 11 is 0. The Kier molecular flexibility index (Phi) is 6.39. The maximum absolute atomic E-state index is 12.5. The normalized spacial score (nSPS) is 11.2. The Morgan fingerprint density at radius 2 is 1.68 bits per heavy atom. The molecule has 0 aliphatic rings. The third-order valence-electron chi connectivity index (χ3n) is 3.25. The van der Waals surface area contributed by atoms with Crippen LogP contribution in [0.4, 0.5) is 0 Å². The highest BCUT2D eigenvalue weighted by Crippen LogP contribution is 2.18. The Morgan fingerprint density at radius 1 is 1.05 bits per heavy atom. The third kappa shape index (κ3) is 4.86. The fraction of sp³-hybridized carbons (Fsp3) is 0.211. The summed E-state index contributed by atoms with van der Waals surface area (Å²) in [5.41, 5.74) is 2.59. The number of hydrogen-bond acceptors (Lipinski definition) is 2. The van der Waals surface area contributed by atoms with Gasteiger partial charge in [-0.3, -0.25) is 4.79 Å². The number of ether oxygens (including phenoxy) is 1. The molecule has 0 aliphatic heterocycles. The minimum Gasteiger partial charge on any atom is -0.385 e. The Bertz CT molecular complexity index is 606. The maximum atomic E-state index is 12.5. The van der Waals surface area contributed by atoms with E-state index >= 15 is 0 Å². The summed E-state index contributed by atoms with van der Waals surface area (Å²) in [6.45, 7) is 1.25. The van der Waals surface area contributed by atoms with Gasteiger partial charge >= 0.3 is 0 Å². The highest BCUT2D eigenvalue weighted by molar-refractivity contribution is 6.24. The van der Waals surface area contributed by atoms with E-state index in [9.17, 15) is 4.79 Å². The van der Waals surface area contributed by atoms with E-state index < -0.39 is 0 Å². The number of benzene rings is 2. The zero-order valence-electron chi connectivity index (χ0n) is 12.8. The molecule has 0 spiro atoms. The standard InChI is InChI=1S/C19H21NO2/c1-22-14-8-13-20-19(21)18(17-11-6-3-7-12-17)15-16-9-4-2-5-10-16/h2-7,9-12,15H,8,13-14H2,1H3,(H,20,21)/b18-15-. The van der Waals surface area contributed by atoms with Crippen LogP contribution in [0.15, 0.2) is 60.7 Å². The Labute approximate surface area is 131 Å². The van der Waals surface area contributed by atoms with Gasteiger partial charge < -0.3 is 10.1 Å². The van der Waals surface area contributed by atoms with Crippen molar-refractivity contribution in [2.75, 3.05) is 20.3 Å². The van der Waals surface area contributed by atoms with Gasteiger partial charge in [-0.2, -0.15) is 0 Å². The van der Waals surface area contributed by atoms with Crippen molar-refractivity contribution in [3.63, 3.8) is 0 Å². The molecule has 0 aliphatic carbocycles. The van der Waals surface area contributed by atoms with Crippen LogP contribution in [-0.2, 0) is 9.53 Å². The zero-order valence-corrected chi connectivity index (χ0v) is 12.8. The molecular weight excluding hydrogens is 274 g/mol. The molecule has 22 heavy (non-hydrogen) atoms. The summed E-state index contributed by atoms with van der Waals surface area (Å²) in [4.78, 5) is 12.5. The topological polar surface area (TPSA) is 38.3 Å². The maximum Gasteiger partial charge on any atom is 0.251 e. The van der Waals surface area contributed by atoms with Crippen molar-refractivity contribution < 1.29 is 9.53 Å². The van der Waals surface area contributed by atoms with Crippen LogP contribution in [0.5, 0.6) is 0 Å². The number of hydrogen-bond donors (Lipinski definition) is 1. The summed E-state index contributed by atoms with van der Waals surface area (Å²) in [5, 5.41) is 2.95. The van der Waals surface area contributed by atoms with Crippen molar-refractivity contribution in [2.45, 2.75) is 6.42 Å². The van der Waals surface area contributed by atoms with Crippen LogP contribution < -0.4 is 5.32 Å². The molecule has 0 aromatic heterocycles. The van der Waals surface area contributed by atoms with Gasteiger partial charge in [0, 0.05) is 25.8 Å². The molecule has 3 nitrogen and oxygen atoms in total. The van der Waals surface area contributed by atoms with Gasteiger partial charge in [0.05, 0.1) is 0 Å². The van der Waals surface area contributed by atoms with Crippen molar-refractivity contribution in [3.8, 4) is 0 Å². The molecule has 0 atom stereocenters. The largest absolute Gasteiger partial charge is 0.385 e. The van der Waals surface area contributed by atoms with Gasteiger partial charge in [0.1, 0.15) is 0 Å². The molecule has 0 saturated carbocycles. The van der Waals surface area contributed by atoms with E-state index in [1.54, 1.807) is 7.11 Å². The van der Waals surface area contributed by atoms with Crippen LogP contribution in [0, 0.1) is 0 Å². The molecule has 1 amide bonds. The van der Waals surface area contributed by atoms with Crippen molar-refractivity contribution in [2.24, 2.45) is 0 Å². The van der Waals surface area contributed by atoms with E-state index in [-0.39, 0.29) is 5.91 Å². The first kappa shape index (κ1) is 16.0. The summed E-state index contributed by atoms with van der Waals surface area (Å²) in [5.74, 6) is -0.0637. The van der Waals surface area contributed by atoms with Gasteiger partial charge in [0.25, 0.3) is 5.91 Å². The summed E-state index contributed by atoms with van der Waals surface area (Å²) in [6.07, 6.45) is 2.72. The lowest BCUT2D eigenvalue weighted by molar-refractivity contribution is -0.115. The van der Waals surface area contributed by atoms with Gasteiger partial charge in [-0.25, -0.2) is 0 Å². The van der Waals surface area contributed by atoms with Gasteiger partial charge in [-0.15, -0.1) is 0 Å². The first-order valence-corrected chi connectivity index (χ1v) is 7.40. The minimum absolute atomic E-state index is 0.0637. The van der Waals surface area contributed by atoms with Gasteiger partial charge in [-0.1, -0.05) is 60.7 Å². The number of methoxy groups -OCH3 is 1. The smallest absolute Gasteiger partial charge is 0.251 e. The summed E-state index contributed by atoms with van der Waals surface area (Å²) in [7, 11) is 1.66. The fourth-order valence-electron chi connectivity index (χ4n) is 2.13. The van der Waals surface area contributed by atoms with Crippen LogP contribution in [0.25, 0.3) is 11.6 Å². The van der Waals surface area contributed by atoms with Crippen LogP contribution in [0.1, 0.15) is 17.5 Å². The molecule has 1 N–H and O–H groups in total. The van der Waals surface area contributed by atoms with Crippen molar-refractivity contribution in [1.29, 1.82) is 0 Å². The molecule has 0 heterocycles. The minimum atomic E-state index is -0.0637. The van der Waals surface area contributed by atoms with Crippen LogP contribution in [-0.4, -0.2) is 26.2 Å². The Morgan fingerprint density at radius 3 is 2.32 bits per heavy atom. The number of nitrogens with one attached hydrogen (secondary N) is 1. The molecule has 0 fully saturated rings. The molecule has 2 aromatic carbocycles. The lowest BCUT2D eigenvalue weighted by Gasteiger charge is -2.09. The quantitative estimate of drug-likeness (QED) is 0.483. The Balaban J connectivity index is 2.19. The molecule has 0 radical (unpaired) electrons. The highest BCUT2D eigenvalue weighted by atomic mass is 16.5. The van der Waals surface area contributed by atoms with E-state index in [0.29, 0.717) is 18.7 Å². The second kappa shape index (κ2) is 8.80. The molecule has 3 heteroatoms. The van der Waals surface area contributed by atoms with E-state index in [2.05, 4.69) is 5.32 Å². The molecule has 114 valence electrons. The molecule has 2 aromatic rings. The van der Waals surface area contributed by atoms with Gasteiger partial charge in [0.15, 0.2) is 0 Å². The highest BCUT2D eigenvalue weighted by Gasteiger charge is 2.11. The summed E-state index contributed by atoms with van der Waals surface area (Å²) < 4.78 is 5.00. The van der Waals surface area contributed by atoms with Crippen LogP contribution >= 0.6 is 0 Å². The third-order valence-corrected chi connectivity index (χ3v) is 3.25. The molecule has 0 unspecified atom stereocenters. The van der Waals surface area contributed by atoms with E-state index in [1.807, 2.05) is 66.7 Å². The van der Waals surface area contributed by atoms with E-state index in [1.165, 1.54) is 0 Å². The molecule has 0 bridgehead atoms. The first-order valence-electron chi connectivity index (χ1n) is 7.40. The average molecular weight is 295 g/mol. The monoisotopic (exact) mass is 295 g/mol. The van der Waals surface area contributed by atoms with Crippen molar-refractivity contribution in [3.05, 3.63) is 71.8 Å². The SMILES string of the molecule is COCCCNC(=O)/C(=C\c1ccccc1)c1ccccc1. The van der Waals surface area contributed by atoms with Crippen LogP contribution in [0.3, 0.4) is 0 Å². The number of rotatable bonds is 7. The fourth-order valence-corrected chi connectivity index (χ4v) is 2.13. The van der Waals surface area contributed by atoms with E-state index in [0.717, 1.165) is 17.5 Å². The number of amides is 1. The first-order chi connectivity index (χ1) is 10.8. The predicted octanol–water partition coefficient (Wildman–Crippen LogP) is 3.38. The lowest BCUT2D eigenvalue weighted by atomic mass is 10.0. The van der Waals surface area contributed by atoms with Gasteiger partial charge in [-0.05, 0) is 23.6 Å². The lowest BCUT2D eigenvalue weighted by Crippen LogP contribution is -2.26. The number of carbonyl (C=O) groups excluding carboxylic acids is 1. The second-order valence-corrected chi connectivity index (χ2v) is 4.94. The van der Waals surface area contributed by atoms with Crippen LogP contribution in [0.2, 0.25) is 0 Å². The summed E-state index contributed by atoms with van der Waals surface area (Å²) in [6, 6.07) is 19.6. The van der Waals surface area contributed by atoms with Crippen molar-refractivity contribution in [1.82, 2.24) is 5.32 Å². The Hall–Kier alpha value is -2.39. The molecular formula is C19H21NO2. The van der Waals surface area contributed by atoms with Gasteiger partial charge in [0.2, 0.25) is 0 Å². The number of carbonyl (C=O) groups is 1. The zero-order chi connectivity index (χ0) is 15.6. The van der Waals surface area contributed by atoms with E-state index in [4.69, 9.17) is 4.74 Å². The second-order valence-electron chi connectivity index (χ2n) is 4.94. The average Bonchev–Trinajstić information content (AvgIpc) is 2.58. The van der Waals surface area contributed by atoms with Crippen molar-refractivity contribution >= 4 is 17.6 Å². The molecule has 0 saturated heterocycles. The molecule has 2 rings (SSSR count).